The van der Waals surface area contributed by atoms with Gasteiger partial charge in [0.15, 0.2) is 0 Å². The van der Waals surface area contributed by atoms with E-state index in [0.717, 1.165) is 109 Å². The van der Waals surface area contributed by atoms with Gasteiger partial charge in [-0.25, -0.2) is 0 Å². The molecule has 0 heterocycles. The molecule has 0 bridgehead atoms. The molecule has 0 aliphatic rings. The Morgan fingerprint density at radius 3 is 1.27 bits per heavy atom. The zero-order valence-corrected chi connectivity index (χ0v) is 48.7. The number of hydrogen-bond donors (Lipinski definition) is 2. The Bertz CT molecular complexity index is 1550. The van der Waals surface area contributed by atoms with E-state index in [1.165, 1.54) is 109 Å². The van der Waals surface area contributed by atoms with Crippen molar-refractivity contribution in [3.63, 3.8) is 0 Å². The second kappa shape index (κ2) is 54.0. The molecule has 0 rings (SSSR count). The number of quaternary nitrogens is 1. The predicted octanol–water partition coefficient (Wildman–Crippen LogP) is 17.7. The van der Waals surface area contributed by atoms with E-state index in [-0.39, 0.29) is 12.5 Å². The van der Waals surface area contributed by atoms with E-state index in [0.29, 0.717) is 17.4 Å². The lowest BCUT2D eigenvalue weighted by atomic mass is 10.0. The first-order valence-corrected chi connectivity index (χ1v) is 31.2. The van der Waals surface area contributed by atoms with Crippen LogP contribution in [0.5, 0.6) is 0 Å². The number of carbonyl (C=O) groups excluding carboxylic acids is 1. The van der Waals surface area contributed by atoms with E-state index in [2.05, 4.69) is 116 Å². The molecule has 0 aromatic heterocycles. The quantitative estimate of drug-likeness (QED) is 0.0272. The van der Waals surface area contributed by atoms with Gasteiger partial charge in [-0.15, -0.1) is 0 Å². The summed E-state index contributed by atoms with van der Waals surface area (Å²) in [6.45, 7) is 4.50. The number of aliphatic hydroxyl groups is 1. The molecule has 8 nitrogen and oxygen atoms in total. The van der Waals surface area contributed by atoms with E-state index >= 15 is 0 Å². The fourth-order valence-electron chi connectivity index (χ4n) is 8.07. The van der Waals surface area contributed by atoms with E-state index in [1.807, 2.05) is 27.2 Å². The van der Waals surface area contributed by atoms with Crippen molar-refractivity contribution in [2.24, 2.45) is 0 Å². The Kier molecular flexibility index (Phi) is 51.9. The minimum absolute atomic E-state index is 0.0182. The number of aliphatic hydroxyl groups excluding tert-OH is 1. The Morgan fingerprint density at radius 2 is 0.849 bits per heavy atom. The van der Waals surface area contributed by atoms with Crippen LogP contribution in [0.1, 0.15) is 239 Å². The molecule has 0 spiro atoms. The van der Waals surface area contributed by atoms with Gasteiger partial charge in [0.1, 0.15) is 13.2 Å². The summed E-state index contributed by atoms with van der Waals surface area (Å²) >= 11 is 0. The van der Waals surface area contributed by atoms with Crippen LogP contribution in [-0.2, 0) is 18.4 Å². The number of nitrogens with one attached hydrogen (secondary N) is 1. The van der Waals surface area contributed by atoms with Gasteiger partial charge in [0.25, 0.3) is 7.82 Å². The first kappa shape index (κ1) is 70.2. The number of phosphoric ester groups is 1. The highest BCUT2D eigenvalue weighted by Crippen LogP contribution is 2.38. The van der Waals surface area contributed by atoms with Crippen LogP contribution >= 0.6 is 7.82 Å². The Balaban J connectivity index is 4.34. The van der Waals surface area contributed by atoms with Crippen LogP contribution in [0.3, 0.4) is 0 Å². The molecule has 3 unspecified atom stereocenters. The van der Waals surface area contributed by atoms with Crippen molar-refractivity contribution < 1.29 is 32.9 Å². The smallest absolute Gasteiger partial charge is 0.268 e. The maximum Gasteiger partial charge on any atom is 0.268 e. The molecule has 0 fully saturated rings. The summed E-state index contributed by atoms with van der Waals surface area (Å²) in [7, 11) is 1.21. The third kappa shape index (κ3) is 56.7. The van der Waals surface area contributed by atoms with Crippen molar-refractivity contribution in [3.8, 4) is 0 Å². The van der Waals surface area contributed by atoms with Gasteiger partial charge in [0, 0.05) is 6.42 Å². The van der Waals surface area contributed by atoms with Crippen molar-refractivity contribution in [2.75, 3.05) is 40.9 Å². The van der Waals surface area contributed by atoms with Crippen molar-refractivity contribution >= 4 is 13.7 Å². The fraction of sp³-hybridized carbons (Fsp3) is 0.703. The van der Waals surface area contributed by atoms with Gasteiger partial charge in [-0.3, -0.25) is 9.36 Å². The third-order valence-electron chi connectivity index (χ3n) is 12.7. The maximum absolute atomic E-state index is 13.0. The number of unbranched alkanes of at least 4 members (excludes halogenated alkanes) is 24. The number of likely N-dealkylation sites (N-methyl/N-ethyl adjacent to an activating group) is 1. The summed E-state index contributed by atoms with van der Waals surface area (Å²) in [6, 6.07) is -0.927. The number of carbonyl (C=O) groups is 1. The van der Waals surface area contributed by atoms with Gasteiger partial charge in [0.2, 0.25) is 5.91 Å². The van der Waals surface area contributed by atoms with Crippen LogP contribution < -0.4 is 10.2 Å². The Labute approximate surface area is 451 Å². The Hall–Kier alpha value is -2.84. The van der Waals surface area contributed by atoms with Gasteiger partial charge >= 0.3 is 0 Å². The molecule has 0 aromatic rings. The van der Waals surface area contributed by atoms with Crippen molar-refractivity contribution in [3.05, 3.63) is 109 Å². The highest BCUT2D eigenvalue weighted by Gasteiger charge is 2.23. The number of hydrogen-bond acceptors (Lipinski definition) is 6. The minimum Gasteiger partial charge on any atom is -0.756 e. The minimum atomic E-state index is -4.62. The topological polar surface area (TPSA) is 108 Å². The zero-order valence-electron chi connectivity index (χ0n) is 47.8. The predicted molar refractivity (Wildman–Crippen MR) is 316 cm³/mol. The van der Waals surface area contributed by atoms with Crippen LogP contribution in [0.25, 0.3) is 0 Å². The number of amides is 1. The largest absolute Gasteiger partial charge is 0.756 e. The van der Waals surface area contributed by atoms with Crippen LogP contribution in [-0.4, -0.2) is 68.5 Å². The number of rotatable bonds is 53. The van der Waals surface area contributed by atoms with Crippen LogP contribution in [0, 0.1) is 0 Å². The summed E-state index contributed by atoms with van der Waals surface area (Å²) < 4.78 is 23.3. The molecule has 73 heavy (non-hydrogen) atoms. The molecular weight excluding hydrogens is 924 g/mol. The molecule has 0 aliphatic carbocycles. The van der Waals surface area contributed by atoms with Crippen molar-refractivity contribution in [1.82, 2.24) is 5.32 Å². The molecule has 0 aromatic carbocycles. The van der Waals surface area contributed by atoms with Gasteiger partial charge < -0.3 is 28.8 Å². The Morgan fingerprint density at radius 1 is 0.493 bits per heavy atom. The van der Waals surface area contributed by atoms with Gasteiger partial charge in [-0.1, -0.05) is 245 Å². The van der Waals surface area contributed by atoms with Gasteiger partial charge in [0.05, 0.1) is 39.9 Å². The highest BCUT2D eigenvalue weighted by molar-refractivity contribution is 7.45. The van der Waals surface area contributed by atoms with Gasteiger partial charge in [-0.2, -0.15) is 0 Å². The molecule has 0 saturated heterocycles. The molecular formula is C64H113N2O6P. The van der Waals surface area contributed by atoms with E-state index in [4.69, 9.17) is 9.05 Å². The van der Waals surface area contributed by atoms with Crippen molar-refractivity contribution in [2.45, 2.75) is 251 Å². The summed E-state index contributed by atoms with van der Waals surface area (Å²) in [5.41, 5.74) is 0. The lowest BCUT2D eigenvalue weighted by molar-refractivity contribution is -0.870. The standard InChI is InChI=1S/C64H113N2O6P/c1-6-8-10-12-14-16-18-20-22-24-26-28-30-32-34-35-37-39-41-43-45-47-49-51-53-55-57-63(67)62(61-72-73(69,70)71-60-59-66(3,4)5)65-64(68)58-56-54-52-50-48-46-44-42-40-38-36-33-31-29-27-25-23-21-19-17-15-13-11-9-7-2/h9,11,15,17,21,23,27,29,33,36,39-42,47,49,55,57,62-63,67H,6-8,10,12-14,16,18-20,22,24-26,28,30-32,34-35,37-38,43-46,48,50-54,56,58-61H2,1-5H3,(H-,65,68,69,70)/b11-9-,17-15-,23-21-,29-27-,36-33-,41-39+,42-40-,49-47+,57-55+. The lowest BCUT2D eigenvalue weighted by Gasteiger charge is -2.29. The lowest BCUT2D eigenvalue weighted by Crippen LogP contribution is -2.45. The van der Waals surface area contributed by atoms with Gasteiger partial charge in [-0.05, 0) is 96.3 Å². The number of nitrogens with zero attached hydrogens (tertiary/aromatic N) is 1. The average molecular weight is 1040 g/mol. The molecule has 0 radical (unpaired) electrons. The molecule has 420 valence electrons. The second-order valence-electron chi connectivity index (χ2n) is 20.9. The third-order valence-corrected chi connectivity index (χ3v) is 13.7. The summed E-state index contributed by atoms with van der Waals surface area (Å²) in [5, 5.41) is 13.9. The summed E-state index contributed by atoms with van der Waals surface area (Å²) in [4.78, 5) is 25.5. The average Bonchev–Trinajstić information content (AvgIpc) is 3.35. The van der Waals surface area contributed by atoms with E-state index in [9.17, 15) is 19.4 Å². The molecule has 0 aliphatic heterocycles. The monoisotopic (exact) mass is 1040 g/mol. The molecule has 1 amide bonds. The number of phosphoric acid groups is 1. The van der Waals surface area contributed by atoms with E-state index in [1.54, 1.807) is 6.08 Å². The van der Waals surface area contributed by atoms with E-state index < -0.39 is 26.6 Å². The summed E-state index contributed by atoms with van der Waals surface area (Å²) in [5.74, 6) is -0.229. The fourth-order valence-corrected chi connectivity index (χ4v) is 8.79. The second-order valence-corrected chi connectivity index (χ2v) is 22.4. The molecule has 3 atom stereocenters. The van der Waals surface area contributed by atoms with Crippen LogP contribution in [0.2, 0.25) is 0 Å². The maximum atomic E-state index is 13.0. The number of allylic oxidation sites excluding steroid dienone is 17. The normalized spacial score (nSPS) is 14.7. The molecule has 0 saturated carbocycles. The van der Waals surface area contributed by atoms with Crippen LogP contribution in [0.4, 0.5) is 0 Å². The van der Waals surface area contributed by atoms with Crippen molar-refractivity contribution in [1.29, 1.82) is 0 Å². The first-order chi connectivity index (χ1) is 35.5. The highest BCUT2D eigenvalue weighted by atomic mass is 31.2. The summed E-state index contributed by atoms with van der Waals surface area (Å²) in [6.07, 6.45) is 78.9. The molecule has 2 N–H and O–H groups in total. The first-order valence-electron chi connectivity index (χ1n) is 29.7. The van der Waals surface area contributed by atoms with Crippen LogP contribution in [0.15, 0.2) is 109 Å². The zero-order chi connectivity index (χ0) is 53.5. The SMILES string of the molecule is CC/C=C\C/C=C\C/C=C\C/C=C\C/C=C\C/C=C\CCCCCCCCC(=O)NC(COP(=O)([O-])OCC[N+](C)(C)C)C(O)/C=C/CC/C=C/CC/C=C/CCCCCCCCCCCCCCCCCC. The molecule has 9 heteroatoms.